The second-order valence-electron chi connectivity index (χ2n) is 11.0. The molecular formula is C31H40N6O2. The number of amides is 1. The number of nitrogens with zero attached hydrogens (tertiary/aromatic N) is 4. The summed E-state index contributed by atoms with van der Waals surface area (Å²) < 4.78 is 8.47. The maximum Gasteiger partial charge on any atom is 0.230 e. The normalized spacial score (nSPS) is 17.0. The number of rotatable bonds is 9. The number of aryl methyl sites for hydroxylation is 1. The van der Waals surface area contributed by atoms with Crippen molar-refractivity contribution in [2.75, 3.05) is 19.6 Å². The Bertz CT molecular complexity index is 1350. The highest BCUT2D eigenvalue weighted by atomic mass is 16.5. The Morgan fingerprint density at radius 1 is 1.21 bits per heavy atom. The van der Waals surface area contributed by atoms with Crippen LogP contribution < -0.4 is 16.2 Å². The monoisotopic (exact) mass is 528 g/mol. The number of carbonyl (C=O) groups is 1. The number of imidazole rings is 1. The molecule has 1 amide bonds. The molecule has 2 heterocycles. The van der Waals surface area contributed by atoms with Gasteiger partial charge in [-0.15, -0.1) is 0 Å². The van der Waals surface area contributed by atoms with Crippen LogP contribution in [0.5, 0.6) is 11.5 Å². The van der Waals surface area contributed by atoms with Crippen molar-refractivity contribution in [3.05, 3.63) is 76.9 Å². The van der Waals surface area contributed by atoms with E-state index in [0.717, 1.165) is 61.2 Å². The van der Waals surface area contributed by atoms with Crippen LogP contribution in [-0.2, 0) is 17.4 Å². The number of ether oxygens (including phenoxy) is 1. The van der Waals surface area contributed by atoms with Crippen LogP contribution in [-0.4, -0.2) is 40.0 Å². The standard InChI is InChI=1S/C31H40N6O2/c1-5-13-37-14-7-6-8-24(30(37)38)21-11-12-26(31(2,3)34)29(16-21)39-28-15-22(9-10-23(28)17-32)25(18-33)27-19-35-20-36(27)4/h9-12,15-16,19-20,24-25H,5-8,13-14,18,33-34H2,1-4H3. The third-order valence-corrected chi connectivity index (χ3v) is 7.57. The summed E-state index contributed by atoms with van der Waals surface area (Å²) in [5, 5.41) is 9.90. The SMILES string of the molecule is CCCN1CCCCC(c2ccc(C(C)(C)N)c(Oc3cc(C(CN)c4cncn4C)ccc3C#N)c2)C1=O. The third-order valence-electron chi connectivity index (χ3n) is 7.57. The lowest BCUT2D eigenvalue weighted by atomic mass is 9.88. The van der Waals surface area contributed by atoms with Gasteiger partial charge in [0.1, 0.15) is 17.6 Å². The van der Waals surface area contributed by atoms with Gasteiger partial charge >= 0.3 is 0 Å². The molecule has 0 saturated carbocycles. The Morgan fingerprint density at radius 2 is 2.00 bits per heavy atom. The lowest BCUT2D eigenvalue weighted by molar-refractivity contribution is -0.132. The van der Waals surface area contributed by atoms with Crippen molar-refractivity contribution in [3.8, 4) is 17.6 Å². The summed E-state index contributed by atoms with van der Waals surface area (Å²) in [5.41, 5.74) is 16.1. The molecule has 2 unspecified atom stereocenters. The van der Waals surface area contributed by atoms with Crippen LogP contribution in [0.2, 0.25) is 0 Å². The van der Waals surface area contributed by atoms with Crippen molar-refractivity contribution >= 4 is 5.91 Å². The fraction of sp³-hybridized carbons (Fsp3) is 0.452. The van der Waals surface area contributed by atoms with Gasteiger partial charge in [0.15, 0.2) is 0 Å². The fourth-order valence-corrected chi connectivity index (χ4v) is 5.46. The maximum absolute atomic E-state index is 13.5. The number of aromatic nitrogens is 2. The molecule has 8 nitrogen and oxygen atoms in total. The van der Waals surface area contributed by atoms with Gasteiger partial charge in [0, 0.05) is 55.6 Å². The number of hydrogen-bond donors (Lipinski definition) is 2. The average Bonchev–Trinajstić information content (AvgIpc) is 3.24. The lowest BCUT2D eigenvalue weighted by Crippen LogP contribution is -2.35. The molecule has 1 aromatic heterocycles. The first-order chi connectivity index (χ1) is 18.7. The van der Waals surface area contributed by atoms with E-state index in [1.165, 1.54) is 0 Å². The highest BCUT2D eigenvalue weighted by Crippen LogP contribution is 2.39. The molecule has 2 aromatic carbocycles. The second-order valence-corrected chi connectivity index (χ2v) is 11.0. The summed E-state index contributed by atoms with van der Waals surface area (Å²) >= 11 is 0. The molecule has 0 spiro atoms. The molecule has 8 heteroatoms. The van der Waals surface area contributed by atoms with Crippen molar-refractivity contribution < 1.29 is 9.53 Å². The fourth-order valence-electron chi connectivity index (χ4n) is 5.46. The van der Waals surface area contributed by atoms with Crippen LogP contribution in [0.4, 0.5) is 0 Å². The summed E-state index contributed by atoms with van der Waals surface area (Å²) in [6.07, 6.45) is 7.29. The average molecular weight is 529 g/mol. The Hall–Kier alpha value is -3.67. The van der Waals surface area contributed by atoms with Gasteiger partial charge in [-0.2, -0.15) is 5.26 Å². The zero-order valence-corrected chi connectivity index (χ0v) is 23.5. The number of benzene rings is 2. The Kier molecular flexibility index (Phi) is 8.73. The van der Waals surface area contributed by atoms with Crippen LogP contribution in [0.1, 0.15) is 86.2 Å². The van der Waals surface area contributed by atoms with Crippen molar-refractivity contribution in [2.24, 2.45) is 18.5 Å². The van der Waals surface area contributed by atoms with Crippen LogP contribution in [0.25, 0.3) is 0 Å². The van der Waals surface area contributed by atoms with E-state index in [1.807, 2.05) is 60.7 Å². The van der Waals surface area contributed by atoms with E-state index in [9.17, 15) is 10.1 Å². The number of nitriles is 1. The minimum atomic E-state index is -0.700. The Morgan fingerprint density at radius 3 is 2.64 bits per heavy atom. The molecule has 1 aliphatic rings. The number of nitrogens with two attached hydrogens (primary N) is 2. The summed E-state index contributed by atoms with van der Waals surface area (Å²) in [5.74, 6) is 0.805. The summed E-state index contributed by atoms with van der Waals surface area (Å²) in [6.45, 7) is 7.88. The molecule has 4 rings (SSSR count). The molecular weight excluding hydrogens is 488 g/mol. The van der Waals surface area contributed by atoms with E-state index >= 15 is 0 Å². The van der Waals surface area contributed by atoms with Crippen LogP contribution in [0, 0.1) is 11.3 Å². The summed E-state index contributed by atoms with van der Waals surface area (Å²) in [6, 6.07) is 13.7. The zero-order valence-electron chi connectivity index (χ0n) is 23.5. The van der Waals surface area contributed by atoms with E-state index in [0.29, 0.717) is 23.6 Å². The van der Waals surface area contributed by atoms with Crippen molar-refractivity contribution in [1.82, 2.24) is 14.5 Å². The highest BCUT2D eigenvalue weighted by Gasteiger charge is 2.30. The van der Waals surface area contributed by atoms with Gasteiger partial charge in [0.2, 0.25) is 5.91 Å². The van der Waals surface area contributed by atoms with Crippen molar-refractivity contribution in [2.45, 2.75) is 63.8 Å². The molecule has 0 bridgehead atoms. The van der Waals surface area contributed by atoms with Crippen LogP contribution in [0.3, 0.4) is 0 Å². The Labute approximate surface area is 231 Å². The molecule has 39 heavy (non-hydrogen) atoms. The topological polar surface area (TPSA) is 123 Å². The number of hydrogen-bond acceptors (Lipinski definition) is 6. The molecule has 0 radical (unpaired) electrons. The van der Waals surface area contributed by atoms with Crippen molar-refractivity contribution in [3.63, 3.8) is 0 Å². The minimum Gasteiger partial charge on any atom is -0.456 e. The highest BCUT2D eigenvalue weighted by molar-refractivity contribution is 5.84. The van der Waals surface area contributed by atoms with Gasteiger partial charge in [-0.3, -0.25) is 4.79 Å². The largest absolute Gasteiger partial charge is 0.456 e. The van der Waals surface area contributed by atoms with E-state index in [2.05, 4.69) is 18.0 Å². The van der Waals surface area contributed by atoms with Gasteiger partial charge < -0.3 is 25.7 Å². The second kappa shape index (κ2) is 12.0. The molecule has 2 atom stereocenters. The smallest absolute Gasteiger partial charge is 0.230 e. The minimum absolute atomic E-state index is 0.113. The van der Waals surface area contributed by atoms with Gasteiger partial charge in [-0.1, -0.05) is 31.5 Å². The summed E-state index contributed by atoms with van der Waals surface area (Å²) in [7, 11) is 1.93. The molecule has 1 aliphatic heterocycles. The Balaban J connectivity index is 1.76. The molecule has 0 aliphatic carbocycles. The first-order valence-corrected chi connectivity index (χ1v) is 13.8. The van der Waals surface area contributed by atoms with Gasteiger partial charge in [0.05, 0.1) is 17.8 Å². The van der Waals surface area contributed by atoms with Crippen LogP contribution >= 0.6 is 0 Å². The molecule has 3 aromatic rings. The van der Waals surface area contributed by atoms with E-state index in [1.54, 1.807) is 18.6 Å². The third kappa shape index (κ3) is 6.16. The van der Waals surface area contributed by atoms with Crippen LogP contribution in [0.15, 0.2) is 48.9 Å². The number of carbonyl (C=O) groups excluding carboxylic acids is 1. The van der Waals surface area contributed by atoms with Gasteiger partial charge in [0.25, 0.3) is 0 Å². The van der Waals surface area contributed by atoms with E-state index < -0.39 is 5.54 Å². The predicted molar refractivity (Wildman–Crippen MR) is 152 cm³/mol. The predicted octanol–water partition coefficient (Wildman–Crippen LogP) is 4.87. The van der Waals surface area contributed by atoms with Gasteiger partial charge in [-0.25, -0.2) is 4.98 Å². The summed E-state index contributed by atoms with van der Waals surface area (Å²) in [4.78, 5) is 19.7. The van der Waals surface area contributed by atoms with E-state index in [-0.39, 0.29) is 17.7 Å². The van der Waals surface area contributed by atoms with E-state index in [4.69, 9.17) is 16.2 Å². The quantitative estimate of drug-likeness (QED) is 0.408. The maximum atomic E-state index is 13.5. The zero-order chi connectivity index (χ0) is 28.2. The van der Waals surface area contributed by atoms with Gasteiger partial charge in [-0.05, 0) is 62.4 Å². The first-order valence-electron chi connectivity index (χ1n) is 13.8. The molecule has 206 valence electrons. The first kappa shape index (κ1) is 28.3. The lowest BCUT2D eigenvalue weighted by Gasteiger charge is -2.27. The van der Waals surface area contributed by atoms with Crippen molar-refractivity contribution in [1.29, 1.82) is 5.26 Å². The molecule has 4 N–H and O–H groups in total. The molecule has 1 saturated heterocycles. The number of likely N-dealkylation sites (tertiary alicyclic amines) is 1. The molecule has 1 fully saturated rings.